The van der Waals surface area contributed by atoms with Crippen molar-refractivity contribution in [3.63, 3.8) is 0 Å². The first-order chi connectivity index (χ1) is 10.8. The van der Waals surface area contributed by atoms with Crippen molar-refractivity contribution >= 4 is 9.19 Å². The molecule has 4 heteroatoms. The molecule has 1 heterocycles. The van der Waals surface area contributed by atoms with E-state index in [-0.39, 0.29) is 0 Å². The predicted molar refractivity (Wildman–Crippen MR) is 88.0 cm³/mol. The number of halogens is 1. The van der Waals surface area contributed by atoms with Gasteiger partial charge in [-0.3, -0.25) is 0 Å². The molecule has 0 spiro atoms. The Morgan fingerprint density at radius 3 is 1.86 bits per heavy atom. The van der Waals surface area contributed by atoms with Crippen molar-refractivity contribution in [2.45, 2.75) is 20.0 Å². The molecule has 0 radical (unpaired) electrons. The van der Waals surface area contributed by atoms with E-state index >= 15 is 0 Å². The van der Waals surface area contributed by atoms with Gasteiger partial charge in [-0.25, -0.2) is 0 Å². The molecular weight excluding hydrogens is 388 g/mol. The molecule has 0 unspecified atom stereocenters. The molecule has 0 saturated heterocycles. The zero-order chi connectivity index (χ0) is 15.8. The van der Waals surface area contributed by atoms with Crippen molar-refractivity contribution in [2.75, 3.05) is 0 Å². The standard InChI is InChI=1S/C18H19N2.Ag.ClH/c1-16-7-9-18(10-8-16)14-20-12-11-19(15-20)13-17-5-3-2-4-6-17;;/h2-12,15H,13-14H2,1H3;;1H/q-1;+1;/p-1. The van der Waals surface area contributed by atoms with Gasteiger partial charge in [0.2, 0.25) is 0 Å². The van der Waals surface area contributed by atoms with Gasteiger partial charge in [0, 0.05) is 13.1 Å². The van der Waals surface area contributed by atoms with Crippen LogP contribution in [0.1, 0.15) is 16.7 Å². The Morgan fingerprint density at radius 1 is 0.818 bits per heavy atom. The molecule has 2 aromatic rings. The van der Waals surface area contributed by atoms with E-state index in [1.54, 1.807) is 0 Å². The Morgan fingerprint density at radius 2 is 1.32 bits per heavy atom. The van der Waals surface area contributed by atoms with E-state index in [0.717, 1.165) is 13.1 Å². The number of hydrogen-bond donors (Lipinski definition) is 0. The summed E-state index contributed by atoms with van der Waals surface area (Å²) in [5.41, 5.74) is 3.96. The number of aryl methyl sites for hydroxylation is 1. The van der Waals surface area contributed by atoms with Gasteiger partial charge in [0.05, 0.1) is 0 Å². The van der Waals surface area contributed by atoms with Crippen LogP contribution in [0.25, 0.3) is 0 Å². The van der Waals surface area contributed by atoms with Gasteiger partial charge < -0.3 is 9.80 Å². The zero-order valence-electron chi connectivity index (χ0n) is 12.4. The molecule has 0 atom stereocenters. The summed E-state index contributed by atoms with van der Waals surface area (Å²) in [6.07, 6.45) is 4.25. The summed E-state index contributed by atoms with van der Waals surface area (Å²) >= 11 is 2.42. The van der Waals surface area contributed by atoms with Crippen LogP contribution >= 0.6 is 9.19 Å². The fourth-order valence-corrected chi connectivity index (χ4v) is 2.32. The van der Waals surface area contributed by atoms with Crippen LogP contribution in [0.2, 0.25) is 0 Å². The van der Waals surface area contributed by atoms with E-state index in [9.17, 15) is 0 Å². The molecule has 0 fully saturated rings. The van der Waals surface area contributed by atoms with E-state index < -0.39 is 0 Å². The van der Waals surface area contributed by atoms with Gasteiger partial charge in [-0.15, -0.1) is 0 Å². The molecule has 2 aromatic carbocycles. The van der Waals surface area contributed by atoms with Gasteiger partial charge in [-0.05, 0) is 30.5 Å². The molecule has 0 bridgehead atoms. The molecule has 0 aromatic heterocycles. The van der Waals surface area contributed by atoms with Crippen LogP contribution in [0.15, 0.2) is 67.0 Å². The third kappa shape index (κ3) is 5.22. The topological polar surface area (TPSA) is 6.48 Å². The summed E-state index contributed by atoms with van der Waals surface area (Å²) in [6, 6.07) is 19.2. The van der Waals surface area contributed by atoms with Gasteiger partial charge in [0.15, 0.2) is 0 Å². The summed E-state index contributed by atoms with van der Waals surface area (Å²) < 4.78 is 0. The Hall–Kier alpha value is -1.19. The third-order valence-corrected chi connectivity index (χ3v) is 3.44. The van der Waals surface area contributed by atoms with Gasteiger partial charge in [0.25, 0.3) is 0 Å². The summed E-state index contributed by atoms with van der Waals surface area (Å²) in [7, 11) is 4.45. The van der Waals surface area contributed by atoms with Crippen molar-refractivity contribution < 1.29 is 20.0 Å². The Labute approximate surface area is 149 Å². The summed E-state index contributed by atoms with van der Waals surface area (Å²) in [5.74, 6) is 0. The summed E-state index contributed by atoms with van der Waals surface area (Å²) in [4.78, 5) is 4.43. The second-order valence-electron chi connectivity index (χ2n) is 5.23. The van der Waals surface area contributed by atoms with E-state index in [2.05, 4.69) is 120 Å². The maximum absolute atomic E-state index is 4.45. The average Bonchev–Trinajstić information content (AvgIpc) is 3.00. The van der Waals surface area contributed by atoms with Crippen molar-refractivity contribution in [1.82, 2.24) is 9.80 Å². The van der Waals surface area contributed by atoms with Crippen LogP contribution < -0.4 is 0 Å². The zero-order valence-corrected chi connectivity index (χ0v) is 14.7. The number of benzene rings is 2. The first-order valence-corrected chi connectivity index (χ1v) is 8.96. The minimum absolute atomic E-state index is 0.918. The average molecular weight is 407 g/mol. The van der Waals surface area contributed by atoms with Gasteiger partial charge >= 0.3 is 29.2 Å². The quantitative estimate of drug-likeness (QED) is 0.541. The van der Waals surface area contributed by atoms with E-state index in [4.69, 9.17) is 0 Å². The molecule has 3 rings (SSSR count). The Bertz CT molecular complexity index is 584. The molecule has 0 amide bonds. The number of rotatable bonds is 4. The Kier molecular flexibility index (Phi) is 7.07. The number of hydrogen-bond acceptors (Lipinski definition) is 2. The van der Waals surface area contributed by atoms with Crippen molar-refractivity contribution in [3.8, 4) is 0 Å². The fourth-order valence-electron chi connectivity index (χ4n) is 2.32. The van der Waals surface area contributed by atoms with Gasteiger partial charge in [-0.2, -0.15) is 6.67 Å². The maximum atomic E-state index is 4.45. The molecule has 1 aliphatic rings. The molecule has 1 aliphatic heterocycles. The number of nitrogens with zero attached hydrogens (tertiary/aromatic N) is 2. The van der Waals surface area contributed by atoms with Crippen LogP contribution in [0.3, 0.4) is 0 Å². The SMILES string of the molecule is Cc1ccc(CN2C=CN(Cc3ccccc3)[CH-]2)cc1.[Cl][Ag]. The van der Waals surface area contributed by atoms with Crippen LogP contribution in [0.5, 0.6) is 0 Å². The molecule has 0 saturated carbocycles. The molecule has 0 aliphatic carbocycles. The first-order valence-electron chi connectivity index (χ1n) is 7.05. The third-order valence-electron chi connectivity index (χ3n) is 3.44. The monoisotopic (exact) mass is 405 g/mol. The second-order valence-corrected chi connectivity index (χ2v) is 5.23. The molecule has 120 valence electrons. The van der Waals surface area contributed by atoms with Crippen LogP contribution in [-0.2, 0) is 33.1 Å². The van der Waals surface area contributed by atoms with E-state index in [1.807, 2.05) is 0 Å². The summed E-state index contributed by atoms with van der Waals surface area (Å²) in [6.45, 7) is 6.12. The minimum atomic E-state index is 0.918. The first kappa shape index (κ1) is 17.2. The van der Waals surface area contributed by atoms with Gasteiger partial charge in [-0.1, -0.05) is 60.2 Å². The molecular formula is C18H19AgClN2-. The normalized spacial score (nSPS) is 13.1. The van der Waals surface area contributed by atoms with Gasteiger partial charge in [0.1, 0.15) is 0 Å². The van der Waals surface area contributed by atoms with Crippen molar-refractivity contribution in [2.24, 2.45) is 0 Å². The predicted octanol–water partition coefficient (Wildman–Crippen LogP) is 4.59. The molecule has 2 nitrogen and oxygen atoms in total. The Balaban J connectivity index is 0.000000847. The fraction of sp³-hybridized carbons (Fsp3) is 0.167. The van der Waals surface area contributed by atoms with Crippen LogP contribution in [0, 0.1) is 13.6 Å². The summed E-state index contributed by atoms with van der Waals surface area (Å²) in [5, 5.41) is 0. The van der Waals surface area contributed by atoms with E-state index in [1.165, 1.54) is 16.7 Å². The second kappa shape index (κ2) is 9.06. The van der Waals surface area contributed by atoms with Crippen LogP contribution in [-0.4, -0.2) is 9.80 Å². The molecule has 22 heavy (non-hydrogen) atoms. The van der Waals surface area contributed by atoms with Crippen molar-refractivity contribution in [3.05, 3.63) is 90.4 Å². The van der Waals surface area contributed by atoms with Crippen molar-refractivity contribution in [1.29, 1.82) is 0 Å². The molecule has 0 N–H and O–H groups in total. The van der Waals surface area contributed by atoms with Crippen LogP contribution in [0.4, 0.5) is 0 Å². The van der Waals surface area contributed by atoms with E-state index in [0.29, 0.717) is 0 Å².